The predicted molar refractivity (Wildman–Crippen MR) is 61.8 cm³/mol. The van der Waals surface area contributed by atoms with E-state index in [1.807, 2.05) is 13.1 Å². The van der Waals surface area contributed by atoms with Gasteiger partial charge >= 0.3 is 6.09 Å². The lowest BCUT2D eigenvalue weighted by Crippen LogP contribution is -2.20. The van der Waals surface area contributed by atoms with E-state index in [1.165, 1.54) is 6.08 Å². The molecule has 6 heteroatoms. The Hall–Kier alpha value is -1.91. The number of benzene rings is 1. The Kier molecular flexibility index (Phi) is 4.44. The van der Waals surface area contributed by atoms with Gasteiger partial charge in [-0.1, -0.05) is 0 Å². The number of rotatable bonds is 3. The van der Waals surface area contributed by atoms with Crippen molar-refractivity contribution in [3.8, 4) is 0 Å². The zero-order chi connectivity index (χ0) is 12.0. The van der Waals surface area contributed by atoms with Crippen LogP contribution in [0.5, 0.6) is 0 Å². The van der Waals surface area contributed by atoms with Crippen LogP contribution in [0.2, 0.25) is 13.1 Å². The Bertz CT molecular complexity index is 411. The molecular weight excluding hydrogens is 224 g/mol. The molecule has 0 aliphatic heterocycles. The molecule has 0 unspecified atom stereocenters. The highest BCUT2D eigenvalue weighted by atomic mass is 28.3. The van der Waals surface area contributed by atoms with Gasteiger partial charge in [0.1, 0.15) is 0 Å². The molecule has 1 aromatic rings. The number of carbonyl (C=O) groups excluding carboxylic acids is 2. The number of hydrogen-bond donors (Lipinski definition) is 1. The van der Waals surface area contributed by atoms with E-state index in [0.717, 1.165) is 0 Å². The SMILES string of the molecule is C[Si](C)OC(=O)Nc1ccc(N=C=O)cc1. The molecule has 0 heterocycles. The molecule has 83 valence electrons. The highest BCUT2D eigenvalue weighted by Gasteiger charge is 2.06. The number of aliphatic imine (C=N–C) groups is 1. The maximum atomic E-state index is 11.2. The molecule has 0 atom stereocenters. The number of amides is 1. The first kappa shape index (κ1) is 12.2. The number of hydrogen-bond acceptors (Lipinski definition) is 4. The van der Waals surface area contributed by atoms with E-state index in [2.05, 4.69) is 10.3 Å². The molecule has 1 radical (unpaired) electrons. The van der Waals surface area contributed by atoms with Crippen molar-refractivity contribution in [2.24, 2.45) is 4.99 Å². The normalized spacial score (nSPS) is 9.44. The molecule has 0 saturated carbocycles. The van der Waals surface area contributed by atoms with Gasteiger partial charge in [0.25, 0.3) is 9.04 Å². The second-order valence-corrected chi connectivity index (χ2v) is 5.19. The summed E-state index contributed by atoms with van der Waals surface area (Å²) >= 11 is 0. The van der Waals surface area contributed by atoms with Crippen molar-refractivity contribution < 1.29 is 14.0 Å². The van der Waals surface area contributed by atoms with E-state index in [4.69, 9.17) is 4.43 Å². The molecule has 1 aromatic carbocycles. The number of nitrogens with one attached hydrogen (secondary N) is 1. The van der Waals surface area contributed by atoms with Crippen LogP contribution in [0.15, 0.2) is 29.3 Å². The van der Waals surface area contributed by atoms with Crippen LogP contribution in [0.25, 0.3) is 0 Å². The molecule has 0 spiro atoms. The molecule has 1 N–H and O–H groups in total. The standard InChI is InChI=1S/C10H11N2O3Si/c1-16(2)15-10(14)12-9-5-3-8(4-6-9)11-7-13/h3-6H,1-2H3,(H,12,14). The van der Waals surface area contributed by atoms with Gasteiger partial charge < -0.3 is 4.43 Å². The molecule has 0 aliphatic rings. The van der Waals surface area contributed by atoms with Crippen LogP contribution in [-0.2, 0) is 9.22 Å². The van der Waals surface area contributed by atoms with Gasteiger partial charge in [0, 0.05) is 5.69 Å². The van der Waals surface area contributed by atoms with E-state index < -0.39 is 15.1 Å². The minimum atomic E-state index is -1.05. The Balaban J connectivity index is 2.61. The fourth-order valence-corrected chi connectivity index (χ4v) is 1.42. The van der Waals surface area contributed by atoms with E-state index in [9.17, 15) is 9.59 Å². The molecule has 16 heavy (non-hydrogen) atoms. The molecule has 0 saturated heterocycles. The van der Waals surface area contributed by atoms with E-state index in [1.54, 1.807) is 24.3 Å². The fourth-order valence-electron chi connectivity index (χ4n) is 1.00. The van der Waals surface area contributed by atoms with Gasteiger partial charge in [0.2, 0.25) is 6.08 Å². The van der Waals surface area contributed by atoms with Crippen LogP contribution in [0.4, 0.5) is 16.2 Å². The monoisotopic (exact) mass is 235 g/mol. The van der Waals surface area contributed by atoms with Gasteiger partial charge in [0.15, 0.2) is 0 Å². The largest absolute Gasteiger partial charge is 0.502 e. The Morgan fingerprint density at radius 3 is 2.50 bits per heavy atom. The second kappa shape index (κ2) is 5.84. The minimum absolute atomic E-state index is 0.467. The van der Waals surface area contributed by atoms with E-state index in [0.29, 0.717) is 11.4 Å². The number of carbonyl (C=O) groups is 1. The van der Waals surface area contributed by atoms with Crippen LogP contribution >= 0.6 is 0 Å². The van der Waals surface area contributed by atoms with Crippen LogP contribution in [-0.4, -0.2) is 21.2 Å². The van der Waals surface area contributed by atoms with Crippen molar-refractivity contribution >= 4 is 32.6 Å². The zero-order valence-corrected chi connectivity index (χ0v) is 9.98. The quantitative estimate of drug-likeness (QED) is 0.497. The lowest BCUT2D eigenvalue weighted by atomic mass is 10.3. The molecule has 0 aliphatic carbocycles. The Morgan fingerprint density at radius 2 is 2.00 bits per heavy atom. The van der Waals surface area contributed by atoms with Crippen molar-refractivity contribution in [2.75, 3.05) is 5.32 Å². The summed E-state index contributed by atoms with van der Waals surface area (Å²) in [4.78, 5) is 24.7. The topological polar surface area (TPSA) is 67.8 Å². The lowest BCUT2D eigenvalue weighted by Gasteiger charge is -2.08. The van der Waals surface area contributed by atoms with Crippen molar-refractivity contribution in [3.05, 3.63) is 24.3 Å². The Labute approximate surface area is 94.9 Å². The molecule has 0 fully saturated rings. The number of nitrogens with zero attached hydrogens (tertiary/aromatic N) is 1. The summed E-state index contributed by atoms with van der Waals surface area (Å²) in [7, 11) is -1.05. The van der Waals surface area contributed by atoms with Gasteiger partial charge in [-0.25, -0.2) is 9.59 Å². The first-order chi connectivity index (χ1) is 7.61. The summed E-state index contributed by atoms with van der Waals surface area (Å²) < 4.78 is 5.00. The maximum absolute atomic E-state index is 11.2. The predicted octanol–water partition coefficient (Wildman–Crippen LogP) is 2.45. The van der Waals surface area contributed by atoms with E-state index >= 15 is 0 Å². The third kappa shape index (κ3) is 4.08. The molecule has 0 aromatic heterocycles. The summed E-state index contributed by atoms with van der Waals surface area (Å²) in [6, 6.07) is 6.47. The molecular formula is C10H11N2O3Si. The Morgan fingerprint density at radius 1 is 1.38 bits per heavy atom. The summed E-state index contributed by atoms with van der Waals surface area (Å²) in [5.41, 5.74) is 1.09. The summed E-state index contributed by atoms with van der Waals surface area (Å²) in [6.45, 7) is 3.73. The smallest absolute Gasteiger partial charge is 0.398 e. The number of isocyanates is 1. The maximum Gasteiger partial charge on any atom is 0.398 e. The number of anilines is 1. The summed E-state index contributed by atoms with van der Waals surface area (Å²) in [5, 5.41) is 2.57. The molecule has 1 rings (SSSR count). The van der Waals surface area contributed by atoms with Crippen LogP contribution in [0.1, 0.15) is 0 Å². The van der Waals surface area contributed by atoms with Gasteiger partial charge in [-0.3, -0.25) is 5.32 Å². The first-order valence-corrected chi connectivity index (χ1v) is 6.99. The zero-order valence-electron chi connectivity index (χ0n) is 8.98. The van der Waals surface area contributed by atoms with Crippen molar-refractivity contribution in [1.82, 2.24) is 0 Å². The first-order valence-electron chi connectivity index (χ1n) is 4.59. The van der Waals surface area contributed by atoms with Crippen molar-refractivity contribution in [3.63, 3.8) is 0 Å². The van der Waals surface area contributed by atoms with Crippen molar-refractivity contribution in [1.29, 1.82) is 0 Å². The molecule has 5 nitrogen and oxygen atoms in total. The highest BCUT2D eigenvalue weighted by Crippen LogP contribution is 2.15. The average Bonchev–Trinajstić information content (AvgIpc) is 2.20. The summed E-state index contributed by atoms with van der Waals surface area (Å²) in [5.74, 6) is 0. The minimum Gasteiger partial charge on any atom is -0.502 e. The average molecular weight is 235 g/mol. The third-order valence-electron chi connectivity index (χ3n) is 1.59. The van der Waals surface area contributed by atoms with Gasteiger partial charge in [-0.15, -0.1) is 0 Å². The lowest BCUT2D eigenvalue weighted by molar-refractivity contribution is 0.216. The van der Waals surface area contributed by atoms with Crippen LogP contribution < -0.4 is 5.32 Å². The molecule has 1 amide bonds. The fraction of sp³-hybridized carbons (Fsp3) is 0.200. The van der Waals surface area contributed by atoms with Crippen LogP contribution in [0.3, 0.4) is 0 Å². The van der Waals surface area contributed by atoms with Crippen LogP contribution in [0, 0.1) is 0 Å². The van der Waals surface area contributed by atoms with E-state index in [-0.39, 0.29) is 0 Å². The van der Waals surface area contributed by atoms with Crippen molar-refractivity contribution in [2.45, 2.75) is 13.1 Å². The van der Waals surface area contributed by atoms with Gasteiger partial charge in [-0.2, -0.15) is 4.99 Å². The molecule has 0 bridgehead atoms. The second-order valence-electron chi connectivity index (χ2n) is 3.17. The highest BCUT2D eigenvalue weighted by molar-refractivity contribution is 6.50. The van der Waals surface area contributed by atoms with Gasteiger partial charge in [-0.05, 0) is 37.4 Å². The summed E-state index contributed by atoms with van der Waals surface area (Å²) in [6.07, 6.45) is 0.970. The third-order valence-corrected chi connectivity index (χ3v) is 2.18. The van der Waals surface area contributed by atoms with Gasteiger partial charge in [0.05, 0.1) is 5.69 Å².